The summed E-state index contributed by atoms with van der Waals surface area (Å²) in [7, 11) is 0. The van der Waals surface area contributed by atoms with Crippen LogP contribution < -0.4 is 4.90 Å². The van der Waals surface area contributed by atoms with Gasteiger partial charge in [0.2, 0.25) is 5.91 Å². The second-order valence-corrected chi connectivity index (χ2v) is 10.1. The number of aryl methyl sites for hydroxylation is 1. The van der Waals surface area contributed by atoms with Crippen LogP contribution in [0.1, 0.15) is 32.0 Å². The summed E-state index contributed by atoms with van der Waals surface area (Å²) in [5.74, 6) is 1.67. The molecule has 0 aliphatic carbocycles. The minimum Gasteiger partial charge on any atom is -0.274 e. The van der Waals surface area contributed by atoms with Crippen LogP contribution in [0.5, 0.6) is 0 Å². The molecule has 0 bridgehead atoms. The lowest BCUT2D eigenvalue weighted by Crippen LogP contribution is -2.23. The zero-order valence-corrected chi connectivity index (χ0v) is 18.6. The monoisotopic (exact) mass is 436 g/mol. The molecule has 0 fully saturated rings. The Balaban J connectivity index is 1.75. The van der Waals surface area contributed by atoms with Crippen molar-refractivity contribution in [3.8, 4) is 0 Å². The van der Waals surface area contributed by atoms with Gasteiger partial charge in [0.05, 0.1) is 11.4 Å². The highest BCUT2D eigenvalue weighted by molar-refractivity contribution is 8.02. The van der Waals surface area contributed by atoms with Gasteiger partial charge < -0.3 is 0 Å². The standard InChI is InChI=1S/C18H20N4OS4/c1-4-13-8-6-7-9-15(13)22(12(3)23)16-19-14(10-25-16)11-26-18-21-20-17(27-18)24-5-2/h6-10H,4-5,11H2,1-3H3. The summed E-state index contributed by atoms with van der Waals surface area (Å²) in [6.07, 6.45) is 0.864. The molecule has 0 atom stereocenters. The fourth-order valence-corrected chi connectivity index (χ4v) is 6.27. The summed E-state index contributed by atoms with van der Waals surface area (Å²) < 4.78 is 1.94. The Morgan fingerprint density at radius 1 is 1.15 bits per heavy atom. The Bertz CT molecular complexity index is 908. The fraction of sp³-hybridized carbons (Fsp3) is 0.333. The molecule has 0 N–H and O–H groups in total. The number of carbonyl (C=O) groups excluding carboxylic acids is 1. The molecule has 0 spiro atoms. The molecule has 1 amide bonds. The van der Waals surface area contributed by atoms with E-state index in [9.17, 15) is 4.79 Å². The van der Waals surface area contributed by atoms with E-state index in [1.807, 2.05) is 23.6 Å². The Labute approximate surface area is 175 Å². The van der Waals surface area contributed by atoms with Crippen molar-refractivity contribution in [2.24, 2.45) is 0 Å². The summed E-state index contributed by atoms with van der Waals surface area (Å²) in [4.78, 5) is 18.7. The van der Waals surface area contributed by atoms with E-state index in [1.54, 1.807) is 46.7 Å². The van der Waals surface area contributed by atoms with E-state index in [1.165, 1.54) is 11.3 Å². The number of para-hydroxylation sites is 1. The van der Waals surface area contributed by atoms with Crippen LogP contribution >= 0.6 is 46.2 Å². The number of rotatable bonds is 8. The van der Waals surface area contributed by atoms with E-state index in [0.717, 1.165) is 37.8 Å². The van der Waals surface area contributed by atoms with E-state index in [0.29, 0.717) is 10.9 Å². The van der Waals surface area contributed by atoms with Crippen molar-refractivity contribution in [3.63, 3.8) is 0 Å². The van der Waals surface area contributed by atoms with Gasteiger partial charge in [-0.1, -0.05) is 66.9 Å². The van der Waals surface area contributed by atoms with Crippen molar-refractivity contribution in [1.29, 1.82) is 0 Å². The molecule has 3 rings (SSSR count). The Morgan fingerprint density at radius 3 is 2.59 bits per heavy atom. The molecule has 3 aromatic rings. The van der Waals surface area contributed by atoms with Gasteiger partial charge in [-0.15, -0.1) is 21.5 Å². The number of benzene rings is 1. The second kappa shape index (κ2) is 9.68. The van der Waals surface area contributed by atoms with Gasteiger partial charge >= 0.3 is 0 Å². The van der Waals surface area contributed by atoms with Gasteiger partial charge in [0.1, 0.15) is 0 Å². The quantitative estimate of drug-likeness (QED) is 0.426. The highest BCUT2D eigenvalue weighted by Gasteiger charge is 2.20. The van der Waals surface area contributed by atoms with Crippen LogP contribution in [0, 0.1) is 0 Å². The predicted molar refractivity (Wildman–Crippen MR) is 117 cm³/mol. The van der Waals surface area contributed by atoms with Crippen LogP contribution in [0.2, 0.25) is 0 Å². The third kappa shape index (κ3) is 5.10. The molecule has 5 nitrogen and oxygen atoms in total. The summed E-state index contributed by atoms with van der Waals surface area (Å²) in [6, 6.07) is 7.98. The molecule has 0 aliphatic rings. The zero-order chi connectivity index (χ0) is 19.2. The first kappa shape index (κ1) is 20.3. The maximum Gasteiger partial charge on any atom is 0.230 e. The Hall–Kier alpha value is -1.42. The molecule has 2 aromatic heterocycles. The average molecular weight is 437 g/mol. The zero-order valence-electron chi connectivity index (χ0n) is 15.3. The molecule has 0 radical (unpaired) electrons. The maximum atomic E-state index is 12.3. The Kier molecular flexibility index (Phi) is 7.28. The summed E-state index contributed by atoms with van der Waals surface area (Å²) in [5, 5.41) is 11.1. The molecule has 9 heteroatoms. The van der Waals surface area contributed by atoms with E-state index >= 15 is 0 Å². The smallest absolute Gasteiger partial charge is 0.230 e. The largest absolute Gasteiger partial charge is 0.274 e. The molecule has 1 aromatic carbocycles. The summed E-state index contributed by atoms with van der Waals surface area (Å²) in [5.41, 5.74) is 2.99. The molecule has 2 heterocycles. The number of hydrogen-bond acceptors (Lipinski definition) is 8. The van der Waals surface area contributed by atoms with E-state index in [-0.39, 0.29) is 5.91 Å². The van der Waals surface area contributed by atoms with Gasteiger partial charge in [-0.2, -0.15) is 0 Å². The fourth-order valence-electron chi connectivity index (χ4n) is 2.47. The second-order valence-electron chi connectivity index (χ2n) is 5.51. The lowest BCUT2D eigenvalue weighted by Gasteiger charge is -2.20. The van der Waals surface area contributed by atoms with Gasteiger partial charge in [-0.3, -0.25) is 9.69 Å². The van der Waals surface area contributed by atoms with Crippen LogP contribution in [0.3, 0.4) is 0 Å². The van der Waals surface area contributed by atoms with Crippen LogP contribution in [0.25, 0.3) is 0 Å². The van der Waals surface area contributed by atoms with Gasteiger partial charge in [0.25, 0.3) is 0 Å². The highest BCUT2D eigenvalue weighted by atomic mass is 32.2. The third-order valence-corrected chi connectivity index (χ3v) is 7.64. The molecule has 0 unspecified atom stereocenters. The van der Waals surface area contributed by atoms with Gasteiger partial charge in [0.15, 0.2) is 13.8 Å². The lowest BCUT2D eigenvalue weighted by molar-refractivity contribution is -0.115. The number of amides is 1. The average Bonchev–Trinajstić information content (AvgIpc) is 3.30. The minimum atomic E-state index is -0.0326. The molecule has 0 saturated carbocycles. The topological polar surface area (TPSA) is 59.0 Å². The Morgan fingerprint density at radius 2 is 1.89 bits per heavy atom. The molecule has 0 aliphatic heterocycles. The van der Waals surface area contributed by atoms with Gasteiger partial charge in [0, 0.05) is 18.1 Å². The molecular formula is C18H20N4OS4. The number of anilines is 2. The van der Waals surface area contributed by atoms with Crippen molar-refractivity contribution < 1.29 is 4.79 Å². The van der Waals surface area contributed by atoms with Crippen molar-refractivity contribution in [2.75, 3.05) is 10.7 Å². The number of thiazole rings is 1. The number of nitrogens with zero attached hydrogens (tertiary/aromatic N) is 4. The predicted octanol–water partition coefficient (Wildman–Crippen LogP) is 5.65. The summed E-state index contributed by atoms with van der Waals surface area (Å²) in [6.45, 7) is 5.78. The van der Waals surface area contributed by atoms with Crippen LogP contribution in [-0.2, 0) is 17.0 Å². The van der Waals surface area contributed by atoms with Gasteiger partial charge in [-0.05, 0) is 23.8 Å². The molecular weight excluding hydrogens is 416 g/mol. The minimum absolute atomic E-state index is 0.0326. The number of carbonyl (C=O) groups is 1. The lowest BCUT2D eigenvalue weighted by atomic mass is 10.1. The third-order valence-electron chi connectivity index (χ3n) is 3.66. The molecule has 142 valence electrons. The van der Waals surface area contributed by atoms with Crippen molar-refractivity contribution in [1.82, 2.24) is 15.2 Å². The van der Waals surface area contributed by atoms with Crippen LogP contribution in [0.4, 0.5) is 10.8 Å². The SMILES string of the molecule is CCSc1nnc(SCc2csc(N(C(C)=O)c3ccccc3CC)n2)s1. The van der Waals surface area contributed by atoms with Gasteiger partial charge in [-0.25, -0.2) is 4.98 Å². The van der Waals surface area contributed by atoms with Crippen LogP contribution in [0.15, 0.2) is 38.3 Å². The van der Waals surface area contributed by atoms with Crippen molar-refractivity contribution in [3.05, 3.63) is 40.9 Å². The van der Waals surface area contributed by atoms with E-state index in [4.69, 9.17) is 4.98 Å². The van der Waals surface area contributed by atoms with E-state index < -0.39 is 0 Å². The maximum absolute atomic E-state index is 12.3. The molecule has 27 heavy (non-hydrogen) atoms. The number of hydrogen-bond donors (Lipinski definition) is 0. The summed E-state index contributed by atoms with van der Waals surface area (Å²) >= 11 is 6.44. The van der Waals surface area contributed by atoms with E-state index in [2.05, 4.69) is 30.1 Å². The van der Waals surface area contributed by atoms with Crippen LogP contribution in [-0.4, -0.2) is 26.8 Å². The number of thioether (sulfide) groups is 2. The first-order valence-electron chi connectivity index (χ1n) is 8.54. The number of aromatic nitrogens is 3. The van der Waals surface area contributed by atoms with Crippen molar-refractivity contribution >= 4 is 62.9 Å². The molecule has 0 saturated heterocycles. The highest BCUT2D eigenvalue weighted by Crippen LogP contribution is 2.34. The normalized spacial score (nSPS) is 10.9. The first-order valence-corrected chi connectivity index (χ1v) is 12.2. The van der Waals surface area contributed by atoms with Crippen molar-refractivity contribution in [2.45, 2.75) is 41.6 Å². The first-order chi connectivity index (χ1) is 13.1.